The van der Waals surface area contributed by atoms with Gasteiger partial charge in [0.25, 0.3) is 11.8 Å². The molecule has 13 heteroatoms. The van der Waals surface area contributed by atoms with E-state index in [1.165, 1.54) is 52.3 Å². The molecule has 5 aliphatic rings. The number of benzene rings is 2. The van der Waals surface area contributed by atoms with Gasteiger partial charge >= 0.3 is 11.9 Å². The smallest absolute Gasteiger partial charge is 0.324 e. The molecule has 340 valence electrons. The lowest BCUT2D eigenvalue weighted by Gasteiger charge is -2.27. The van der Waals surface area contributed by atoms with E-state index in [1.54, 1.807) is 10.0 Å². The summed E-state index contributed by atoms with van der Waals surface area (Å²) in [6.07, 6.45) is 8.67. The molecule has 0 saturated carbocycles. The van der Waals surface area contributed by atoms with Crippen molar-refractivity contribution < 1.29 is 38.1 Å². The topological polar surface area (TPSA) is 139 Å². The second-order valence-corrected chi connectivity index (χ2v) is 16.5. The van der Waals surface area contributed by atoms with Gasteiger partial charge in [0.1, 0.15) is 5.92 Å². The van der Waals surface area contributed by atoms with E-state index < -0.39 is 23.8 Å². The number of nitrogens with zero attached hydrogens (tertiary/aromatic N) is 3. The second-order valence-electron chi connectivity index (χ2n) is 16.5. The number of hydrazine groups is 2. The molecule has 2 N–H and O–H groups in total. The van der Waals surface area contributed by atoms with Gasteiger partial charge in [0.2, 0.25) is 0 Å². The highest BCUT2D eigenvalue weighted by Gasteiger charge is 2.51. The number of hydrogen-bond acceptors (Lipinski definition) is 11. The van der Waals surface area contributed by atoms with Crippen molar-refractivity contribution in [1.82, 2.24) is 25.8 Å². The molecular formula is C48H75N5O8. The summed E-state index contributed by atoms with van der Waals surface area (Å²) in [5.74, 6) is -2.99. The van der Waals surface area contributed by atoms with Crippen LogP contribution in [0.4, 0.5) is 0 Å². The van der Waals surface area contributed by atoms with Crippen molar-refractivity contribution in [3.63, 3.8) is 0 Å². The lowest BCUT2D eigenvalue weighted by atomic mass is 9.85. The van der Waals surface area contributed by atoms with Crippen molar-refractivity contribution in [2.24, 2.45) is 0 Å². The third kappa shape index (κ3) is 12.4. The van der Waals surface area contributed by atoms with E-state index in [2.05, 4.69) is 69.4 Å². The number of ether oxygens (including phenoxy) is 4. The summed E-state index contributed by atoms with van der Waals surface area (Å²) in [7, 11) is 2.56. The number of nitrogens with one attached hydrogen (secondary N) is 2. The predicted molar refractivity (Wildman–Crippen MR) is 238 cm³/mol. The first kappa shape index (κ1) is 49.8. The van der Waals surface area contributed by atoms with Gasteiger partial charge in [-0.15, -0.1) is 0 Å². The molecule has 13 nitrogen and oxygen atoms in total. The van der Waals surface area contributed by atoms with Crippen LogP contribution in [-0.4, -0.2) is 123 Å². The number of aryl methyl sites for hydroxylation is 6. The molecule has 2 aromatic carbocycles. The van der Waals surface area contributed by atoms with Gasteiger partial charge in [0.15, 0.2) is 5.92 Å². The van der Waals surface area contributed by atoms with Gasteiger partial charge in [-0.2, -0.15) is 0 Å². The third-order valence-corrected chi connectivity index (χ3v) is 12.5. The molecule has 2 amide bonds. The summed E-state index contributed by atoms with van der Waals surface area (Å²) in [5, 5.41) is 3.32. The number of methoxy groups -OCH3 is 2. The van der Waals surface area contributed by atoms with Gasteiger partial charge < -0.3 is 23.8 Å². The Morgan fingerprint density at radius 1 is 0.639 bits per heavy atom. The largest absolute Gasteiger partial charge is 0.468 e. The third-order valence-electron chi connectivity index (χ3n) is 12.5. The molecule has 2 aromatic rings. The Labute approximate surface area is 365 Å². The summed E-state index contributed by atoms with van der Waals surface area (Å²) in [6, 6.07) is 8.27. The van der Waals surface area contributed by atoms with Crippen molar-refractivity contribution in [3.8, 4) is 0 Å². The van der Waals surface area contributed by atoms with Gasteiger partial charge in [-0.05, 0) is 118 Å². The fraction of sp³-hybridized carbons (Fsp3) is 0.667. The summed E-state index contributed by atoms with van der Waals surface area (Å²) in [6.45, 7) is 25.3. The van der Waals surface area contributed by atoms with E-state index in [1.807, 2.05) is 32.9 Å². The van der Waals surface area contributed by atoms with Crippen molar-refractivity contribution in [3.05, 3.63) is 68.8 Å². The van der Waals surface area contributed by atoms with Crippen molar-refractivity contribution >= 4 is 23.8 Å². The van der Waals surface area contributed by atoms with Crippen LogP contribution in [0.15, 0.2) is 24.3 Å². The summed E-state index contributed by atoms with van der Waals surface area (Å²) in [4.78, 5) is 52.8. The molecule has 7 rings (SSSR count). The average molecular weight is 850 g/mol. The highest BCUT2D eigenvalue weighted by atomic mass is 16.5. The van der Waals surface area contributed by atoms with Gasteiger partial charge in [0.05, 0.1) is 51.7 Å². The fourth-order valence-electron chi connectivity index (χ4n) is 9.21. The number of carbonyl (C=O) groups excluding carboxylic acids is 4. The molecular weight excluding hydrogens is 775 g/mol. The first-order chi connectivity index (χ1) is 29.3. The summed E-state index contributed by atoms with van der Waals surface area (Å²) < 4.78 is 21.1. The molecule has 0 radical (unpaired) electrons. The fourth-order valence-corrected chi connectivity index (χ4v) is 9.21. The van der Waals surface area contributed by atoms with E-state index in [0.29, 0.717) is 25.3 Å². The highest BCUT2D eigenvalue weighted by molar-refractivity contribution is 6.11. The number of rotatable bonds is 11. The monoisotopic (exact) mass is 850 g/mol. The van der Waals surface area contributed by atoms with Gasteiger partial charge in [0, 0.05) is 13.1 Å². The zero-order valence-corrected chi connectivity index (χ0v) is 39.0. The van der Waals surface area contributed by atoms with Crippen molar-refractivity contribution in [2.75, 3.05) is 60.0 Å². The first-order valence-corrected chi connectivity index (χ1v) is 22.8. The maximum absolute atomic E-state index is 13.2. The number of fused-ring (bicyclic) bond motifs is 5. The van der Waals surface area contributed by atoms with Crippen LogP contribution in [0, 0.1) is 13.8 Å². The van der Waals surface area contributed by atoms with E-state index >= 15 is 0 Å². The molecule has 5 saturated heterocycles. The van der Waals surface area contributed by atoms with Crippen molar-refractivity contribution in [2.45, 2.75) is 150 Å². The molecule has 4 unspecified atom stereocenters. The summed E-state index contributed by atoms with van der Waals surface area (Å²) >= 11 is 0. The van der Waals surface area contributed by atoms with Crippen molar-refractivity contribution in [1.29, 1.82) is 0 Å². The van der Waals surface area contributed by atoms with Crippen LogP contribution in [0.1, 0.15) is 130 Å². The molecule has 5 aliphatic heterocycles. The average Bonchev–Trinajstić information content (AvgIpc) is 3.86. The zero-order valence-electron chi connectivity index (χ0n) is 39.0. The molecule has 0 aliphatic carbocycles. The van der Waals surface area contributed by atoms with E-state index in [0.717, 1.165) is 90.6 Å². The van der Waals surface area contributed by atoms with E-state index in [9.17, 15) is 19.2 Å². The van der Waals surface area contributed by atoms with Crippen LogP contribution in [0.3, 0.4) is 0 Å². The second kappa shape index (κ2) is 24.1. The Balaban J connectivity index is 0.000000201. The van der Waals surface area contributed by atoms with Crippen LogP contribution >= 0.6 is 0 Å². The van der Waals surface area contributed by atoms with Gasteiger partial charge in [-0.3, -0.25) is 30.0 Å². The van der Waals surface area contributed by atoms with E-state index in [-0.39, 0.29) is 24.0 Å². The number of esters is 2. The maximum atomic E-state index is 13.2. The molecule has 0 spiro atoms. The molecule has 5 fully saturated rings. The Kier molecular flexibility index (Phi) is 19.7. The Hall–Kier alpha value is -3.88. The molecule has 0 aromatic heterocycles. The van der Waals surface area contributed by atoms with Crippen LogP contribution in [0.25, 0.3) is 0 Å². The zero-order chi connectivity index (χ0) is 44.8. The molecule has 61 heavy (non-hydrogen) atoms. The Bertz CT molecular complexity index is 1670. The maximum Gasteiger partial charge on any atom is 0.324 e. The lowest BCUT2D eigenvalue weighted by Crippen LogP contribution is -2.45. The Morgan fingerprint density at radius 3 is 1.34 bits per heavy atom. The van der Waals surface area contributed by atoms with Crippen LogP contribution in [0.5, 0.6) is 0 Å². The minimum absolute atomic E-state index is 0.0693. The number of amides is 2. The molecule has 4 bridgehead atoms. The van der Waals surface area contributed by atoms with Crippen LogP contribution < -0.4 is 10.9 Å². The SMILES string of the molecule is C1CC2CNNCC1O2.CCN(CC)CC.CCc1cc(C)cc(CC)c1C(C(=O)OC)C(=O)OC.CCc1cc(C)cc(CC)c1C1C(=O)N2CC3CCC(CN2C1=O)O3. The quantitative estimate of drug-likeness (QED) is 0.207. The molecule has 5 heterocycles. The normalized spacial score (nSPS) is 22.6. The number of carbonyl (C=O) groups is 4. The van der Waals surface area contributed by atoms with Gasteiger partial charge in [-0.25, -0.2) is 10.0 Å². The lowest BCUT2D eigenvalue weighted by molar-refractivity contribution is -0.154. The highest BCUT2D eigenvalue weighted by Crippen LogP contribution is 2.38. The van der Waals surface area contributed by atoms with Crippen LogP contribution in [-0.2, 0) is 63.8 Å². The number of hydrogen-bond donors (Lipinski definition) is 2. The standard InChI is InChI=1S/C20H26N2O3.C16H22O4.C6H12N2O.C6H15N/c1-4-13-8-12(3)9-14(5-2)17(13)18-19(23)21-10-15-6-7-16(25-15)11-22(21)20(18)24;1-6-11-8-10(3)9-12(7-2)13(11)14(15(17)19-4)16(18)20-5;1-2-6-4-8-7-3-5(1)9-6;1-4-7(5-2)6-3/h8-9,15-16,18H,4-7,10-11H2,1-3H3;8-9,14H,6-7H2,1-5H3;5-8H,1-4H2;4-6H2,1-3H3. The predicted octanol–water partition coefficient (Wildman–Crippen LogP) is 5.89. The Morgan fingerprint density at radius 2 is 1.00 bits per heavy atom. The first-order valence-electron chi connectivity index (χ1n) is 22.8. The molecule has 4 atom stereocenters. The minimum Gasteiger partial charge on any atom is -0.468 e. The van der Waals surface area contributed by atoms with Gasteiger partial charge in [-0.1, -0.05) is 83.9 Å². The van der Waals surface area contributed by atoms with Crippen LogP contribution in [0.2, 0.25) is 0 Å². The minimum atomic E-state index is -1.00. The summed E-state index contributed by atoms with van der Waals surface area (Å²) in [5.41, 5.74) is 14.4. The van der Waals surface area contributed by atoms with E-state index in [4.69, 9.17) is 18.9 Å².